The van der Waals surface area contributed by atoms with Crippen LogP contribution in [-0.4, -0.2) is 39.6 Å². The van der Waals surface area contributed by atoms with Crippen LogP contribution in [0.2, 0.25) is 0 Å². The third kappa shape index (κ3) is 6.16. The zero-order valence-electron chi connectivity index (χ0n) is 19.4. The number of hydrogen-bond donors (Lipinski definition) is 2. The number of anilines is 1. The number of aromatic nitrogens is 1. The lowest BCUT2D eigenvalue weighted by Crippen LogP contribution is -2.31. The maximum atomic E-state index is 12.7. The summed E-state index contributed by atoms with van der Waals surface area (Å²) >= 11 is 0. The van der Waals surface area contributed by atoms with E-state index in [-0.39, 0.29) is 16.8 Å². The largest absolute Gasteiger partial charge is 0.493 e. The zero-order chi connectivity index (χ0) is 24.7. The minimum Gasteiger partial charge on any atom is -0.493 e. The fourth-order valence-corrected chi connectivity index (χ4v) is 3.97. The molecule has 2 aromatic carbocycles. The van der Waals surface area contributed by atoms with Gasteiger partial charge in [0, 0.05) is 30.1 Å². The summed E-state index contributed by atoms with van der Waals surface area (Å²) in [4.78, 5) is 16.3. The van der Waals surface area contributed by atoms with Crippen molar-refractivity contribution in [2.24, 2.45) is 0 Å². The summed E-state index contributed by atoms with van der Waals surface area (Å²) in [6.45, 7) is 3.92. The van der Waals surface area contributed by atoms with Crippen LogP contribution in [0.15, 0.2) is 65.7 Å². The Labute approximate surface area is 199 Å². The number of carbonyl (C=O) groups excluding carboxylic acids is 1. The number of hydrogen-bond acceptors (Lipinski definition) is 7. The Hall–Kier alpha value is -3.79. The molecule has 1 aromatic heterocycles. The second-order valence-electron chi connectivity index (χ2n) is 7.42. The van der Waals surface area contributed by atoms with Gasteiger partial charge in [-0.2, -0.15) is 0 Å². The third-order valence-corrected chi connectivity index (χ3v) is 6.36. The van der Waals surface area contributed by atoms with Gasteiger partial charge in [0.2, 0.25) is 5.88 Å². The van der Waals surface area contributed by atoms with E-state index in [4.69, 9.17) is 14.2 Å². The maximum Gasteiger partial charge on any atom is 0.262 e. The lowest BCUT2D eigenvalue weighted by Gasteiger charge is -2.12. The topological polar surface area (TPSA) is 116 Å². The highest BCUT2D eigenvalue weighted by Crippen LogP contribution is 2.30. The lowest BCUT2D eigenvalue weighted by molar-refractivity contribution is 0.0939. The van der Waals surface area contributed by atoms with Crippen LogP contribution in [0, 0.1) is 0 Å². The van der Waals surface area contributed by atoms with Crippen molar-refractivity contribution in [1.29, 1.82) is 0 Å². The number of benzene rings is 2. The van der Waals surface area contributed by atoms with Gasteiger partial charge < -0.3 is 19.5 Å². The van der Waals surface area contributed by atoms with E-state index in [9.17, 15) is 13.2 Å². The van der Waals surface area contributed by atoms with E-state index in [1.165, 1.54) is 38.6 Å². The van der Waals surface area contributed by atoms with Crippen LogP contribution in [0.25, 0.3) is 0 Å². The molecule has 0 radical (unpaired) electrons. The average molecular weight is 486 g/mol. The molecule has 180 valence electrons. The van der Waals surface area contributed by atoms with Gasteiger partial charge in [-0.1, -0.05) is 6.92 Å². The monoisotopic (exact) mass is 485 g/mol. The van der Waals surface area contributed by atoms with Crippen molar-refractivity contribution in [3.05, 3.63) is 66.4 Å². The zero-order valence-corrected chi connectivity index (χ0v) is 20.2. The summed E-state index contributed by atoms with van der Waals surface area (Å²) in [5.41, 5.74) is 0.791. The Kier molecular flexibility index (Phi) is 7.95. The molecule has 0 saturated carbocycles. The highest BCUT2D eigenvalue weighted by atomic mass is 32.2. The molecule has 2 N–H and O–H groups in total. The molecule has 0 aliphatic rings. The van der Waals surface area contributed by atoms with Crippen molar-refractivity contribution in [1.82, 2.24) is 10.3 Å². The van der Waals surface area contributed by atoms with Crippen LogP contribution in [0.1, 0.15) is 30.6 Å². The fourth-order valence-electron chi connectivity index (χ4n) is 2.89. The van der Waals surface area contributed by atoms with Gasteiger partial charge in [-0.25, -0.2) is 13.4 Å². The normalized spacial score (nSPS) is 11.9. The molecule has 3 aromatic rings. The molecule has 10 heteroatoms. The minimum absolute atomic E-state index is 0.0344. The quantitative estimate of drug-likeness (QED) is 0.442. The number of ether oxygens (including phenoxy) is 3. The van der Waals surface area contributed by atoms with Crippen molar-refractivity contribution in [2.75, 3.05) is 18.9 Å². The molecule has 3 rings (SSSR count). The number of sulfonamides is 1. The SMILES string of the molecule is CC[C@@H](C)NC(=O)c1ccc(Oc2ccc(NS(=O)(=O)c3ccc(OC)c(OC)c3)cc2)nc1. The molecule has 0 saturated heterocycles. The lowest BCUT2D eigenvalue weighted by atomic mass is 10.2. The van der Waals surface area contributed by atoms with Gasteiger partial charge in [0.25, 0.3) is 15.9 Å². The summed E-state index contributed by atoms with van der Waals surface area (Å²) in [5, 5.41) is 2.87. The molecule has 0 aliphatic heterocycles. The number of rotatable bonds is 10. The molecule has 0 fully saturated rings. The standard InChI is InChI=1S/C24H27N3O6S/c1-5-16(2)26-24(28)17-6-13-23(25-15-17)33-19-9-7-18(8-10-19)27-34(29,30)20-11-12-21(31-3)22(14-20)32-4/h6-16,27H,5H2,1-4H3,(H,26,28)/t16-/m1/s1. The Bertz CT molecular complexity index is 1230. The van der Waals surface area contributed by atoms with Gasteiger partial charge in [-0.05, 0) is 55.8 Å². The molecule has 1 amide bonds. The van der Waals surface area contributed by atoms with Gasteiger partial charge in [0.15, 0.2) is 11.5 Å². The first-order valence-corrected chi connectivity index (χ1v) is 12.0. The van der Waals surface area contributed by atoms with Crippen molar-refractivity contribution < 1.29 is 27.4 Å². The molecule has 1 atom stereocenters. The van der Waals surface area contributed by atoms with E-state index >= 15 is 0 Å². The van der Waals surface area contributed by atoms with Crippen molar-refractivity contribution >= 4 is 21.6 Å². The molecular weight excluding hydrogens is 458 g/mol. The van der Waals surface area contributed by atoms with Crippen LogP contribution >= 0.6 is 0 Å². The first-order chi connectivity index (χ1) is 16.2. The van der Waals surface area contributed by atoms with E-state index in [0.717, 1.165) is 6.42 Å². The van der Waals surface area contributed by atoms with E-state index in [1.807, 2.05) is 13.8 Å². The Balaban J connectivity index is 1.65. The molecule has 34 heavy (non-hydrogen) atoms. The molecule has 0 spiro atoms. The Morgan fingerprint density at radius 1 is 1.00 bits per heavy atom. The van der Waals surface area contributed by atoms with E-state index < -0.39 is 10.0 Å². The first-order valence-electron chi connectivity index (χ1n) is 10.6. The highest BCUT2D eigenvalue weighted by molar-refractivity contribution is 7.92. The van der Waals surface area contributed by atoms with Crippen molar-refractivity contribution in [2.45, 2.75) is 31.2 Å². The predicted molar refractivity (Wildman–Crippen MR) is 128 cm³/mol. The number of nitrogens with one attached hydrogen (secondary N) is 2. The van der Waals surface area contributed by atoms with Crippen LogP contribution in [0.4, 0.5) is 5.69 Å². The maximum absolute atomic E-state index is 12.7. The van der Waals surface area contributed by atoms with Gasteiger partial charge in [0.05, 0.1) is 24.7 Å². The number of nitrogens with zero attached hydrogens (tertiary/aromatic N) is 1. The van der Waals surface area contributed by atoms with Gasteiger partial charge >= 0.3 is 0 Å². The van der Waals surface area contributed by atoms with Crippen molar-refractivity contribution in [3.8, 4) is 23.1 Å². The predicted octanol–water partition coefficient (Wildman–Crippen LogP) is 4.22. The van der Waals surface area contributed by atoms with Crippen LogP contribution in [-0.2, 0) is 10.0 Å². The van der Waals surface area contributed by atoms with Gasteiger partial charge in [-0.3, -0.25) is 9.52 Å². The van der Waals surface area contributed by atoms with E-state index in [2.05, 4.69) is 15.0 Å². The van der Waals surface area contributed by atoms with Crippen LogP contribution in [0.5, 0.6) is 23.1 Å². The second-order valence-corrected chi connectivity index (χ2v) is 9.10. The van der Waals surface area contributed by atoms with Gasteiger partial charge in [-0.15, -0.1) is 0 Å². The Morgan fingerprint density at radius 3 is 2.29 bits per heavy atom. The molecule has 0 bridgehead atoms. The number of methoxy groups -OCH3 is 2. The van der Waals surface area contributed by atoms with Crippen LogP contribution < -0.4 is 24.2 Å². The number of amides is 1. The fraction of sp³-hybridized carbons (Fsp3) is 0.250. The summed E-state index contributed by atoms with van der Waals surface area (Å²) in [7, 11) is -0.933. The highest BCUT2D eigenvalue weighted by Gasteiger charge is 2.17. The average Bonchev–Trinajstić information content (AvgIpc) is 2.84. The van der Waals surface area contributed by atoms with Crippen LogP contribution in [0.3, 0.4) is 0 Å². The molecular formula is C24H27N3O6S. The van der Waals surface area contributed by atoms with Gasteiger partial charge in [0.1, 0.15) is 5.75 Å². The molecule has 9 nitrogen and oxygen atoms in total. The minimum atomic E-state index is -3.84. The molecule has 0 aliphatic carbocycles. The second kappa shape index (κ2) is 10.9. The third-order valence-electron chi connectivity index (χ3n) is 4.98. The summed E-state index contributed by atoms with van der Waals surface area (Å²) in [5.74, 6) is 1.31. The smallest absolute Gasteiger partial charge is 0.262 e. The summed E-state index contributed by atoms with van der Waals surface area (Å²) < 4.78 is 44.0. The number of pyridine rings is 1. The molecule has 1 heterocycles. The van der Waals surface area contributed by atoms with E-state index in [1.54, 1.807) is 36.4 Å². The first kappa shape index (κ1) is 24.8. The molecule has 0 unspecified atom stereocenters. The van der Waals surface area contributed by atoms with E-state index in [0.29, 0.717) is 34.4 Å². The number of carbonyl (C=O) groups is 1. The summed E-state index contributed by atoms with van der Waals surface area (Å²) in [6.07, 6.45) is 2.28. The van der Waals surface area contributed by atoms with Crippen molar-refractivity contribution in [3.63, 3.8) is 0 Å². The summed E-state index contributed by atoms with van der Waals surface area (Å²) in [6, 6.07) is 14.0. The Morgan fingerprint density at radius 2 is 1.71 bits per heavy atom.